The average Bonchev–Trinajstić information content (AvgIpc) is 2.69. The lowest BCUT2D eigenvalue weighted by Gasteiger charge is -2.36. The minimum absolute atomic E-state index is 0.0194. The molecule has 0 bridgehead atoms. The number of anilines is 1. The van der Waals surface area contributed by atoms with Crippen LogP contribution in [-0.4, -0.2) is 33.4 Å². The molecule has 0 saturated carbocycles. The van der Waals surface area contributed by atoms with Crippen molar-refractivity contribution in [3.8, 4) is 0 Å². The molecule has 0 unspecified atom stereocenters. The summed E-state index contributed by atoms with van der Waals surface area (Å²) in [5.41, 5.74) is 1.22. The standard InChI is InChI=1S/C16H25BFNO2Si/c1-16(2,22(3,4)21)10-11-7-8-19(15(11)20)14-6-5-12(17)9-13(14)18/h5-6,9,11,21H,7-8,10,17H2,1-4H3/t11-/m0/s1. The van der Waals surface area contributed by atoms with E-state index in [4.69, 9.17) is 0 Å². The summed E-state index contributed by atoms with van der Waals surface area (Å²) in [4.78, 5) is 24.6. The third kappa shape index (κ3) is 3.28. The number of hydrogen-bond donors (Lipinski definition) is 1. The molecule has 1 aliphatic rings. The van der Waals surface area contributed by atoms with Crippen molar-refractivity contribution < 1.29 is 14.0 Å². The molecule has 0 aromatic heterocycles. The summed E-state index contributed by atoms with van der Waals surface area (Å²) < 4.78 is 14.1. The van der Waals surface area contributed by atoms with Gasteiger partial charge in [0.1, 0.15) is 13.7 Å². The SMILES string of the molecule is Bc1ccc(N2CC[C@@H](CC(C)(C)[Si](C)(C)O)C2=O)c(F)c1. The van der Waals surface area contributed by atoms with Gasteiger partial charge in [-0.2, -0.15) is 0 Å². The smallest absolute Gasteiger partial charge is 0.230 e. The summed E-state index contributed by atoms with van der Waals surface area (Å²) in [5.74, 6) is -0.492. The molecule has 2 rings (SSSR count). The molecule has 1 heterocycles. The molecule has 1 aromatic carbocycles. The number of carbonyl (C=O) groups is 1. The van der Waals surface area contributed by atoms with Gasteiger partial charge in [-0.25, -0.2) is 4.39 Å². The van der Waals surface area contributed by atoms with Crippen LogP contribution in [0, 0.1) is 11.7 Å². The molecule has 120 valence electrons. The first kappa shape index (κ1) is 17.2. The maximum atomic E-state index is 14.1. The van der Waals surface area contributed by atoms with Gasteiger partial charge in [-0.3, -0.25) is 4.79 Å². The number of halogens is 1. The van der Waals surface area contributed by atoms with E-state index in [0.717, 1.165) is 11.9 Å². The predicted molar refractivity (Wildman–Crippen MR) is 93.4 cm³/mol. The average molecular weight is 321 g/mol. The van der Waals surface area contributed by atoms with Gasteiger partial charge in [0.15, 0.2) is 8.32 Å². The Morgan fingerprint density at radius 3 is 2.64 bits per heavy atom. The Hall–Kier alpha value is -1.14. The van der Waals surface area contributed by atoms with Crippen LogP contribution in [0.1, 0.15) is 26.7 Å². The normalized spacial score (nSPS) is 19.8. The Morgan fingerprint density at radius 2 is 2.09 bits per heavy atom. The second-order valence-electron chi connectivity index (χ2n) is 7.58. The molecule has 22 heavy (non-hydrogen) atoms. The van der Waals surface area contributed by atoms with Crippen LogP contribution in [0.2, 0.25) is 18.1 Å². The van der Waals surface area contributed by atoms with Crippen LogP contribution >= 0.6 is 0 Å². The zero-order chi connectivity index (χ0) is 16.7. The third-order valence-electron chi connectivity index (χ3n) is 5.12. The largest absolute Gasteiger partial charge is 0.432 e. The van der Waals surface area contributed by atoms with E-state index < -0.39 is 8.32 Å². The fourth-order valence-electron chi connectivity index (χ4n) is 2.86. The molecule has 1 fully saturated rings. The van der Waals surface area contributed by atoms with Gasteiger partial charge in [0.05, 0.1) is 5.69 Å². The summed E-state index contributed by atoms with van der Waals surface area (Å²) in [6.45, 7) is 8.42. The van der Waals surface area contributed by atoms with Crippen LogP contribution in [0.25, 0.3) is 0 Å². The lowest BCUT2D eigenvalue weighted by Crippen LogP contribution is -2.41. The minimum Gasteiger partial charge on any atom is -0.432 e. The van der Waals surface area contributed by atoms with E-state index in [1.165, 1.54) is 6.07 Å². The summed E-state index contributed by atoms with van der Waals surface area (Å²) in [5, 5.41) is -0.241. The third-order valence-corrected chi connectivity index (χ3v) is 8.64. The van der Waals surface area contributed by atoms with Crippen LogP contribution < -0.4 is 10.4 Å². The molecule has 0 spiro atoms. The molecular formula is C16H25BFNO2Si. The van der Waals surface area contributed by atoms with Crippen LogP contribution in [0.5, 0.6) is 0 Å². The van der Waals surface area contributed by atoms with Gasteiger partial charge >= 0.3 is 0 Å². The Bertz CT molecular complexity index is 586. The fourth-order valence-corrected chi connectivity index (χ4v) is 3.61. The first-order valence-electron chi connectivity index (χ1n) is 7.83. The highest BCUT2D eigenvalue weighted by atomic mass is 28.4. The second-order valence-corrected chi connectivity index (χ2v) is 12.0. The van der Waals surface area contributed by atoms with E-state index >= 15 is 0 Å². The lowest BCUT2D eigenvalue weighted by atomic mass is 9.94. The molecule has 1 saturated heterocycles. The van der Waals surface area contributed by atoms with Gasteiger partial charge < -0.3 is 9.70 Å². The van der Waals surface area contributed by atoms with Gasteiger partial charge in [0.25, 0.3) is 0 Å². The van der Waals surface area contributed by atoms with E-state index in [0.29, 0.717) is 18.7 Å². The van der Waals surface area contributed by atoms with Crippen molar-refractivity contribution in [1.82, 2.24) is 0 Å². The van der Waals surface area contributed by atoms with Crippen molar-refractivity contribution in [3.63, 3.8) is 0 Å². The van der Waals surface area contributed by atoms with Crippen molar-refractivity contribution in [2.45, 2.75) is 44.8 Å². The van der Waals surface area contributed by atoms with Gasteiger partial charge in [-0.05, 0) is 43.1 Å². The van der Waals surface area contributed by atoms with Crippen molar-refractivity contribution in [2.24, 2.45) is 5.92 Å². The van der Waals surface area contributed by atoms with Gasteiger partial charge in [0, 0.05) is 12.5 Å². The van der Waals surface area contributed by atoms with E-state index in [9.17, 15) is 14.0 Å². The number of amides is 1. The molecule has 0 aliphatic carbocycles. The minimum atomic E-state index is -2.35. The summed E-state index contributed by atoms with van der Waals surface area (Å²) >= 11 is 0. The molecule has 1 atom stereocenters. The quantitative estimate of drug-likeness (QED) is 0.859. The van der Waals surface area contributed by atoms with Crippen LogP contribution in [0.3, 0.4) is 0 Å². The summed E-state index contributed by atoms with van der Waals surface area (Å²) in [6, 6.07) is 4.97. The molecule has 3 nitrogen and oxygen atoms in total. The number of benzene rings is 1. The highest BCUT2D eigenvalue weighted by molar-refractivity contribution is 6.72. The number of rotatable bonds is 4. The Labute approximate surface area is 134 Å². The number of nitrogens with zero attached hydrogens (tertiary/aromatic N) is 1. The Kier molecular flexibility index (Phi) is 4.55. The Balaban J connectivity index is 2.17. The van der Waals surface area contributed by atoms with Crippen molar-refractivity contribution >= 4 is 33.2 Å². The molecule has 1 N–H and O–H groups in total. The predicted octanol–water partition coefficient (Wildman–Crippen LogP) is 1.80. The van der Waals surface area contributed by atoms with Crippen molar-refractivity contribution in [3.05, 3.63) is 24.0 Å². The van der Waals surface area contributed by atoms with E-state index in [1.54, 1.807) is 11.0 Å². The molecule has 1 aromatic rings. The first-order valence-corrected chi connectivity index (χ1v) is 10.8. The molecule has 6 heteroatoms. The van der Waals surface area contributed by atoms with Crippen molar-refractivity contribution in [1.29, 1.82) is 0 Å². The van der Waals surface area contributed by atoms with Crippen molar-refractivity contribution in [2.75, 3.05) is 11.4 Å². The van der Waals surface area contributed by atoms with E-state index in [1.807, 2.05) is 40.9 Å². The first-order chi connectivity index (χ1) is 10.0. The van der Waals surface area contributed by atoms with Gasteiger partial charge in [-0.1, -0.05) is 25.4 Å². The van der Waals surface area contributed by atoms with Crippen LogP contribution in [0.15, 0.2) is 18.2 Å². The summed E-state index contributed by atoms with van der Waals surface area (Å²) in [6.07, 6.45) is 1.38. The highest BCUT2D eigenvalue weighted by Crippen LogP contribution is 2.44. The Morgan fingerprint density at radius 1 is 1.45 bits per heavy atom. The zero-order valence-corrected chi connectivity index (χ0v) is 15.1. The number of carbonyl (C=O) groups excluding carboxylic acids is 1. The van der Waals surface area contributed by atoms with Gasteiger partial charge in [-0.15, -0.1) is 0 Å². The maximum absolute atomic E-state index is 14.1. The van der Waals surface area contributed by atoms with Gasteiger partial charge in [0.2, 0.25) is 5.91 Å². The van der Waals surface area contributed by atoms with E-state index in [2.05, 4.69) is 0 Å². The fraction of sp³-hybridized carbons (Fsp3) is 0.562. The maximum Gasteiger partial charge on any atom is 0.230 e. The van der Waals surface area contributed by atoms with Crippen LogP contribution in [-0.2, 0) is 4.79 Å². The molecule has 1 amide bonds. The van der Waals surface area contributed by atoms with Crippen LogP contribution in [0.4, 0.5) is 10.1 Å². The number of hydrogen-bond acceptors (Lipinski definition) is 2. The molecule has 1 aliphatic heterocycles. The summed E-state index contributed by atoms with van der Waals surface area (Å²) in [7, 11) is -0.515. The molecular weight excluding hydrogens is 296 g/mol. The lowest BCUT2D eigenvalue weighted by molar-refractivity contribution is -0.120. The highest BCUT2D eigenvalue weighted by Gasteiger charge is 2.44. The molecule has 0 radical (unpaired) electrons. The monoisotopic (exact) mass is 321 g/mol. The topological polar surface area (TPSA) is 40.5 Å². The second kappa shape index (κ2) is 5.81. The van der Waals surface area contributed by atoms with E-state index in [-0.39, 0.29) is 22.7 Å². The zero-order valence-electron chi connectivity index (χ0n) is 14.1.